The van der Waals surface area contributed by atoms with E-state index in [1.54, 1.807) is 16.2 Å². The summed E-state index contributed by atoms with van der Waals surface area (Å²) in [4.78, 5) is 26.5. The predicted molar refractivity (Wildman–Crippen MR) is 85.9 cm³/mol. The van der Waals surface area contributed by atoms with Gasteiger partial charge in [-0.15, -0.1) is 10.2 Å². The summed E-state index contributed by atoms with van der Waals surface area (Å²) in [5, 5.41) is 20.6. The number of nitro groups is 1. The van der Waals surface area contributed by atoms with Gasteiger partial charge in [0.25, 0.3) is 11.6 Å². The van der Waals surface area contributed by atoms with Gasteiger partial charge in [-0.2, -0.15) is 0 Å². The number of carbonyl (C=O) groups is 1. The van der Waals surface area contributed by atoms with Gasteiger partial charge in [0.1, 0.15) is 5.01 Å². The normalized spacial score (nSPS) is 14.8. The van der Waals surface area contributed by atoms with Gasteiger partial charge in [0, 0.05) is 43.9 Å². The summed E-state index contributed by atoms with van der Waals surface area (Å²) in [5.41, 5.74) is 0.453. The summed E-state index contributed by atoms with van der Waals surface area (Å²) in [7, 11) is 0. The second-order valence-corrected chi connectivity index (χ2v) is 6.35. The number of aryl methyl sites for hydroxylation is 1. The molecule has 0 saturated carbocycles. The molecule has 1 aromatic carbocycles. The fraction of sp³-hybridized carbons (Fsp3) is 0.357. The van der Waals surface area contributed by atoms with Crippen molar-refractivity contribution < 1.29 is 9.72 Å². The molecule has 0 spiro atoms. The van der Waals surface area contributed by atoms with Gasteiger partial charge >= 0.3 is 0 Å². The fourth-order valence-electron chi connectivity index (χ4n) is 2.42. The number of anilines is 1. The first kappa shape index (κ1) is 15.3. The third kappa shape index (κ3) is 3.29. The molecule has 1 amide bonds. The predicted octanol–water partition coefficient (Wildman–Crippen LogP) is 1.72. The van der Waals surface area contributed by atoms with E-state index in [9.17, 15) is 14.9 Å². The zero-order chi connectivity index (χ0) is 16.4. The van der Waals surface area contributed by atoms with Crippen LogP contribution in [-0.4, -0.2) is 52.1 Å². The molecule has 8 nitrogen and oxygen atoms in total. The smallest absolute Gasteiger partial charge is 0.269 e. The average molecular weight is 333 g/mol. The highest BCUT2D eigenvalue weighted by Gasteiger charge is 2.24. The molecular weight excluding hydrogens is 318 g/mol. The lowest BCUT2D eigenvalue weighted by Crippen LogP contribution is -2.48. The molecule has 0 unspecified atom stereocenters. The summed E-state index contributed by atoms with van der Waals surface area (Å²) in [6, 6.07) is 5.71. The van der Waals surface area contributed by atoms with Crippen molar-refractivity contribution >= 4 is 28.1 Å². The zero-order valence-corrected chi connectivity index (χ0v) is 13.3. The van der Waals surface area contributed by atoms with Crippen molar-refractivity contribution in [3.8, 4) is 0 Å². The second kappa shape index (κ2) is 6.29. The first-order chi connectivity index (χ1) is 11.0. The van der Waals surface area contributed by atoms with Gasteiger partial charge in [-0.25, -0.2) is 0 Å². The first-order valence-electron chi connectivity index (χ1n) is 7.13. The van der Waals surface area contributed by atoms with E-state index in [1.807, 2.05) is 6.92 Å². The van der Waals surface area contributed by atoms with Gasteiger partial charge in [-0.05, 0) is 19.1 Å². The van der Waals surface area contributed by atoms with Crippen LogP contribution in [0.15, 0.2) is 24.3 Å². The molecule has 0 radical (unpaired) electrons. The maximum Gasteiger partial charge on any atom is 0.269 e. The maximum atomic E-state index is 12.4. The number of benzene rings is 1. The SMILES string of the molecule is Cc1nnc(N2CCN(C(=O)c3ccc([N+](=O)[O-])cc3)CC2)s1. The summed E-state index contributed by atoms with van der Waals surface area (Å²) >= 11 is 1.54. The highest BCUT2D eigenvalue weighted by molar-refractivity contribution is 7.15. The number of nitro benzene ring substituents is 1. The van der Waals surface area contributed by atoms with Crippen LogP contribution in [0.5, 0.6) is 0 Å². The van der Waals surface area contributed by atoms with Crippen LogP contribution in [0.4, 0.5) is 10.8 Å². The van der Waals surface area contributed by atoms with Crippen molar-refractivity contribution in [3.05, 3.63) is 45.0 Å². The Morgan fingerprint density at radius 1 is 1.17 bits per heavy atom. The topological polar surface area (TPSA) is 92.5 Å². The van der Waals surface area contributed by atoms with Crippen LogP contribution in [-0.2, 0) is 0 Å². The van der Waals surface area contributed by atoms with E-state index in [2.05, 4.69) is 15.1 Å². The largest absolute Gasteiger partial charge is 0.343 e. The summed E-state index contributed by atoms with van der Waals surface area (Å²) in [6.45, 7) is 4.50. The number of hydrogen-bond donors (Lipinski definition) is 0. The molecule has 1 fully saturated rings. The van der Waals surface area contributed by atoms with E-state index < -0.39 is 4.92 Å². The van der Waals surface area contributed by atoms with E-state index in [0.717, 1.165) is 10.1 Å². The Balaban J connectivity index is 1.62. The number of nitrogens with zero attached hydrogens (tertiary/aromatic N) is 5. The molecule has 120 valence electrons. The Morgan fingerprint density at radius 2 is 1.83 bits per heavy atom. The van der Waals surface area contributed by atoms with Gasteiger partial charge in [0.15, 0.2) is 0 Å². The molecule has 23 heavy (non-hydrogen) atoms. The van der Waals surface area contributed by atoms with Gasteiger partial charge < -0.3 is 9.80 Å². The van der Waals surface area contributed by atoms with Crippen LogP contribution in [0.2, 0.25) is 0 Å². The molecule has 0 bridgehead atoms. The molecule has 2 heterocycles. The number of aromatic nitrogens is 2. The number of amides is 1. The van der Waals surface area contributed by atoms with Crippen LogP contribution < -0.4 is 4.90 Å². The lowest BCUT2D eigenvalue weighted by atomic mass is 10.1. The highest BCUT2D eigenvalue weighted by atomic mass is 32.1. The second-order valence-electron chi connectivity index (χ2n) is 5.19. The van der Waals surface area contributed by atoms with Crippen molar-refractivity contribution in [1.82, 2.24) is 15.1 Å². The van der Waals surface area contributed by atoms with E-state index in [4.69, 9.17) is 0 Å². The molecule has 0 aliphatic carbocycles. The number of piperazine rings is 1. The van der Waals surface area contributed by atoms with Gasteiger partial charge in [-0.3, -0.25) is 14.9 Å². The number of carbonyl (C=O) groups excluding carboxylic acids is 1. The molecule has 1 saturated heterocycles. The third-order valence-corrected chi connectivity index (χ3v) is 4.58. The van der Waals surface area contributed by atoms with Gasteiger partial charge in [0.05, 0.1) is 4.92 Å². The van der Waals surface area contributed by atoms with E-state index in [0.29, 0.717) is 31.7 Å². The molecular formula is C14H15N5O3S. The Bertz CT molecular complexity index is 722. The van der Waals surface area contributed by atoms with Gasteiger partial charge in [-0.1, -0.05) is 11.3 Å². The van der Waals surface area contributed by atoms with E-state index >= 15 is 0 Å². The third-order valence-electron chi connectivity index (χ3n) is 3.68. The summed E-state index contributed by atoms with van der Waals surface area (Å²) in [6.07, 6.45) is 0. The summed E-state index contributed by atoms with van der Waals surface area (Å²) in [5.74, 6) is -0.104. The van der Waals surface area contributed by atoms with Crippen LogP contribution in [0.1, 0.15) is 15.4 Å². The van der Waals surface area contributed by atoms with Crippen molar-refractivity contribution in [2.75, 3.05) is 31.1 Å². The standard InChI is InChI=1S/C14H15N5O3S/c1-10-15-16-14(23-10)18-8-6-17(7-9-18)13(20)11-2-4-12(5-3-11)19(21)22/h2-5H,6-9H2,1H3. The lowest BCUT2D eigenvalue weighted by Gasteiger charge is -2.34. The lowest BCUT2D eigenvalue weighted by molar-refractivity contribution is -0.384. The highest BCUT2D eigenvalue weighted by Crippen LogP contribution is 2.21. The Morgan fingerprint density at radius 3 is 2.35 bits per heavy atom. The van der Waals surface area contributed by atoms with Crippen molar-refractivity contribution in [2.45, 2.75) is 6.92 Å². The monoisotopic (exact) mass is 333 g/mol. The zero-order valence-electron chi connectivity index (χ0n) is 12.5. The molecule has 1 aliphatic rings. The van der Waals surface area contributed by atoms with E-state index in [-0.39, 0.29) is 11.6 Å². The Labute approximate surface area is 136 Å². The van der Waals surface area contributed by atoms with Crippen molar-refractivity contribution in [1.29, 1.82) is 0 Å². The first-order valence-corrected chi connectivity index (χ1v) is 7.95. The van der Waals surface area contributed by atoms with Crippen LogP contribution in [0, 0.1) is 17.0 Å². The summed E-state index contributed by atoms with van der Waals surface area (Å²) < 4.78 is 0. The van der Waals surface area contributed by atoms with Crippen LogP contribution >= 0.6 is 11.3 Å². The van der Waals surface area contributed by atoms with Crippen LogP contribution in [0.25, 0.3) is 0 Å². The van der Waals surface area contributed by atoms with Gasteiger partial charge in [0.2, 0.25) is 5.13 Å². The Kier molecular flexibility index (Phi) is 4.20. The van der Waals surface area contributed by atoms with E-state index in [1.165, 1.54) is 24.3 Å². The number of non-ortho nitro benzene ring substituents is 1. The minimum Gasteiger partial charge on any atom is -0.343 e. The molecule has 0 atom stereocenters. The minimum absolute atomic E-state index is 0.0157. The number of rotatable bonds is 3. The fourth-order valence-corrected chi connectivity index (χ4v) is 3.16. The molecule has 3 rings (SSSR count). The maximum absolute atomic E-state index is 12.4. The minimum atomic E-state index is -0.475. The Hall–Kier alpha value is -2.55. The molecule has 1 aliphatic heterocycles. The molecule has 9 heteroatoms. The average Bonchev–Trinajstić information content (AvgIpc) is 3.01. The van der Waals surface area contributed by atoms with Crippen molar-refractivity contribution in [2.24, 2.45) is 0 Å². The van der Waals surface area contributed by atoms with Crippen molar-refractivity contribution in [3.63, 3.8) is 0 Å². The quantitative estimate of drug-likeness (QED) is 0.627. The van der Waals surface area contributed by atoms with Crippen LogP contribution in [0.3, 0.4) is 0 Å². The molecule has 0 N–H and O–H groups in total. The molecule has 2 aromatic rings. The number of hydrogen-bond acceptors (Lipinski definition) is 7. The molecule has 1 aromatic heterocycles.